The van der Waals surface area contributed by atoms with Crippen molar-refractivity contribution in [3.05, 3.63) is 65.2 Å². The van der Waals surface area contributed by atoms with Crippen LogP contribution in [-0.4, -0.2) is 17.7 Å². The van der Waals surface area contributed by atoms with Crippen molar-refractivity contribution >= 4 is 23.2 Å². The summed E-state index contributed by atoms with van der Waals surface area (Å²) in [4.78, 5) is 12.0. The van der Waals surface area contributed by atoms with Gasteiger partial charge < -0.3 is 4.74 Å². The molecule has 114 valence electrons. The maximum Gasteiger partial charge on any atom is 0.280 e. The van der Waals surface area contributed by atoms with Gasteiger partial charge in [-0.1, -0.05) is 41.9 Å². The van der Waals surface area contributed by atoms with Crippen molar-refractivity contribution in [3.8, 4) is 5.75 Å². The molecule has 1 N–H and O–H groups in total. The summed E-state index contributed by atoms with van der Waals surface area (Å²) in [6.07, 6.45) is -0.659. The number of rotatable bonds is 5. The molecule has 5 heteroatoms. The third-order valence-electron chi connectivity index (χ3n) is 3.02. The average Bonchev–Trinajstić information content (AvgIpc) is 2.55. The summed E-state index contributed by atoms with van der Waals surface area (Å²) >= 11 is 5.80. The lowest BCUT2D eigenvalue weighted by atomic mass is 10.1. The number of carbonyl (C=O) groups excluding carboxylic acids is 1. The van der Waals surface area contributed by atoms with Gasteiger partial charge >= 0.3 is 0 Å². The number of carbonyl (C=O) groups is 1. The molecule has 0 spiro atoms. The summed E-state index contributed by atoms with van der Waals surface area (Å²) in [5, 5.41) is 4.71. The quantitative estimate of drug-likeness (QED) is 0.676. The normalized spacial score (nSPS) is 12.6. The third-order valence-corrected chi connectivity index (χ3v) is 3.27. The minimum absolute atomic E-state index is 0.315. The van der Waals surface area contributed by atoms with Crippen molar-refractivity contribution in [1.82, 2.24) is 5.43 Å². The van der Waals surface area contributed by atoms with Gasteiger partial charge in [0.15, 0.2) is 6.10 Å². The Morgan fingerprint density at radius 2 is 1.77 bits per heavy atom. The molecular weight excluding hydrogens is 300 g/mol. The van der Waals surface area contributed by atoms with Crippen molar-refractivity contribution < 1.29 is 9.53 Å². The van der Waals surface area contributed by atoms with Crippen LogP contribution in [0.1, 0.15) is 19.4 Å². The number of nitrogens with one attached hydrogen (secondary N) is 1. The van der Waals surface area contributed by atoms with Crippen LogP contribution in [0.5, 0.6) is 5.75 Å². The first-order chi connectivity index (χ1) is 10.6. The minimum atomic E-state index is -0.659. The van der Waals surface area contributed by atoms with E-state index in [1.165, 1.54) is 0 Å². The monoisotopic (exact) mass is 316 g/mol. The molecule has 0 saturated carbocycles. The second kappa shape index (κ2) is 7.61. The lowest BCUT2D eigenvalue weighted by Gasteiger charge is -2.13. The van der Waals surface area contributed by atoms with E-state index in [1.807, 2.05) is 37.3 Å². The minimum Gasteiger partial charge on any atom is -0.481 e. The van der Waals surface area contributed by atoms with Crippen molar-refractivity contribution in [2.24, 2.45) is 5.10 Å². The number of ether oxygens (including phenoxy) is 1. The molecule has 2 rings (SSSR count). The predicted molar refractivity (Wildman–Crippen MR) is 88.3 cm³/mol. The second-order valence-corrected chi connectivity index (χ2v) is 5.19. The SMILES string of the molecule is C/C(=N/NC(=O)[C@@H](C)Oc1ccc(Cl)cc1)c1ccccc1. The number of hydrazone groups is 1. The predicted octanol–water partition coefficient (Wildman–Crippen LogP) is 3.65. The Balaban J connectivity index is 1.92. The van der Waals surface area contributed by atoms with E-state index in [-0.39, 0.29) is 5.91 Å². The molecule has 2 aromatic rings. The van der Waals surface area contributed by atoms with E-state index in [0.717, 1.165) is 11.3 Å². The zero-order valence-electron chi connectivity index (χ0n) is 12.4. The van der Waals surface area contributed by atoms with Gasteiger partial charge in [-0.15, -0.1) is 0 Å². The van der Waals surface area contributed by atoms with Gasteiger partial charge in [-0.2, -0.15) is 5.10 Å². The number of halogens is 1. The lowest BCUT2D eigenvalue weighted by Crippen LogP contribution is -2.33. The molecule has 2 aromatic carbocycles. The van der Waals surface area contributed by atoms with Crippen LogP contribution in [0.3, 0.4) is 0 Å². The molecule has 1 atom stereocenters. The molecule has 0 aliphatic carbocycles. The van der Waals surface area contributed by atoms with Crippen LogP contribution in [0.4, 0.5) is 0 Å². The first kappa shape index (κ1) is 16.0. The fourth-order valence-electron chi connectivity index (χ4n) is 1.74. The van der Waals surface area contributed by atoms with Gasteiger partial charge in [-0.25, -0.2) is 5.43 Å². The highest BCUT2D eigenvalue weighted by Crippen LogP contribution is 2.16. The highest BCUT2D eigenvalue weighted by Gasteiger charge is 2.14. The number of hydrogen-bond acceptors (Lipinski definition) is 3. The zero-order chi connectivity index (χ0) is 15.9. The van der Waals surface area contributed by atoms with E-state index in [0.29, 0.717) is 10.8 Å². The summed E-state index contributed by atoms with van der Waals surface area (Å²) in [6.45, 7) is 3.50. The number of amides is 1. The van der Waals surface area contributed by atoms with E-state index < -0.39 is 6.10 Å². The Morgan fingerprint density at radius 3 is 2.41 bits per heavy atom. The molecule has 0 aromatic heterocycles. The summed E-state index contributed by atoms with van der Waals surface area (Å²) in [7, 11) is 0. The molecule has 0 radical (unpaired) electrons. The van der Waals surface area contributed by atoms with Crippen LogP contribution in [0.15, 0.2) is 59.7 Å². The van der Waals surface area contributed by atoms with Crippen molar-refractivity contribution in [2.45, 2.75) is 20.0 Å². The third kappa shape index (κ3) is 4.60. The molecule has 0 aliphatic heterocycles. The van der Waals surface area contributed by atoms with Crippen molar-refractivity contribution in [2.75, 3.05) is 0 Å². The van der Waals surface area contributed by atoms with Crippen LogP contribution >= 0.6 is 11.6 Å². The number of nitrogens with zero attached hydrogens (tertiary/aromatic N) is 1. The van der Waals surface area contributed by atoms with Gasteiger partial charge in [0, 0.05) is 5.02 Å². The van der Waals surface area contributed by atoms with E-state index in [2.05, 4.69) is 10.5 Å². The molecule has 0 unspecified atom stereocenters. The van der Waals surface area contributed by atoms with Gasteiger partial charge in [-0.3, -0.25) is 4.79 Å². The molecule has 0 fully saturated rings. The Labute approximate surface area is 134 Å². The van der Waals surface area contributed by atoms with Gasteiger partial charge in [0.1, 0.15) is 5.75 Å². The fraction of sp³-hybridized carbons (Fsp3) is 0.176. The van der Waals surface area contributed by atoms with Gasteiger partial charge in [0.2, 0.25) is 0 Å². The first-order valence-corrected chi connectivity index (χ1v) is 7.26. The molecule has 0 saturated heterocycles. The van der Waals surface area contributed by atoms with Crippen LogP contribution in [0, 0.1) is 0 Å². The summed E-state index contributed by atoms with van der Waals surface area (Å²) in [6, 6.07) is 16.5. The Hall–Kier alpha value is -2.33. The van der Waals surface area contributed by atoms with Crippen molar-refractivity contribution in [1.29, 1.82) is 0 Å². The van der Waals surface area contributed by atoms with Gasteiger partial charge in [0.05, 0.1) is 5.71 Å². The summed E-state index contributed by atoms with van der Waals surface area (Å²) < 4.78 is 5.53. The van der Waals surface area contributed by atoms with Gasteiger partial charge in [0.25, 0.3) is 5.91 Å². The molecule has 0 aliphatic rings. The molecular formula is C17H17ClN2O2. The molecule has 22 heavy (non-hydrogen) atoms. The highest BCUT2D eigenvalue weighted by atomic mass is 35.5. The number of benzene rings is 2. The fourth-order valence-corrected chi connectivity index (χ4v) is 1.87. The van der Waals surface area contributed by atoms with E-state index in [1.54, 1.807) is 31.2 Å². The average molecular weight is 317 g/mol. The van der Waals surface area contributed by atoms with E-state index in [4.69, 9.17) is 16.3 Å². The van der Waals surface area contributed by atoms with Crippen LogP contribution in [-0.2, 0) is 4.79 Å². The van der Waals surface area contributed by atoms with Crippen LogP contribution in [0.25, 0.3) is 0 Å². The molecule has 0 heterocycles. The summed E-state index contributed by atoms with van der Waals surface area (Å²) in [5.41, 5.74) is 4.19. The summed E-state index contributed by atoms with van der Waals surface area (Å²) in [5.74, 6) is 0.265. The van der Waals surface area contributed by atoms with Crippen LogP contribution in [0.2, 0.25) is 5.02 Å². The standard InChI is InChI=1S/C17H17ClN2O2/c1-12(14-6-4-3-5-7-14)19-20-17(21)13(2)22-16-10-8-15(18)9-11-16/h3-11,13H,1-2H3,(H,20,21)/b19-12-/t13-/m1/s1. The molecule has 4 nitrogen and oxygen atoms in total. The van der Waals surface area contributed by atoms with Crippen molar-refractivity contribution in [3.63, 3.8) is 0 Å². The number of hydrogen-bond donors (Lipinski definition) is 1. The first-order valence-electron chi connectivity index (χ1n) is 6.88. The van der Waals surface area contributed by atoms with E-state index in [9.17, 15) is 4.79 Å². The Morgan fingerprint density at radius 1 is 1.14 bits per heavy atom. The van der Waals surface area contributed by atoms with Gasteiger partial charge in [-0.05, 0) is 43.7 Å². The smallest absolute Gasteiger partial charge is 0.280 e. The van der Waals surface area contributed by atoms with Crippen LogP contribution < -0.4 is 10.2 Å². The zero-order valence-corrected chi connectivity index (χ0v) is 13.2. The van der Waals surface area contributed by atoms with E-state index >= 15 is 0 Å². The molecule has 1 amide bonds. The highest BCUT2D eigenvalue weighted by molar-refractivity contribution is 6.30. The largest absolute Gasteiger partial charge is 0.481 e. The Kier molecular flexibility index (Phi) is 5.55. The topological polar surface area (TPSA) is 50.7 Å². The second-order valence-electron chi connectivity index (χ2n) is 4.75. The lowest BCUT2D eigenvalue weighted by molar-refractivity contribution is -0.127. The Bertz CT molecular complexity index is 654. The maximum absolute atomic E-state index is 12.0. The molecule has 0 bridgehead atoms. The maximum atomic E-state index is 12.0.